The van der Waals surface area contributed by atoms with Gasteiger partial charge in [-0.2, -0.15) is 0 Å². The maximum atomic E-state index is 7.48. The van der Waals surface area contributed by atoms with E-state index >= 15 is 0 Å². The third-order valence-corrected chi connectivity index (χ3v) is 11.2. The molecule has 0 fully saturated rings. The Morgan fingerprint density at radius 2 is 0.898 bits per heavy atom. The molecule has 0 unspecified atom stereocenters. The minimum atomic E-state index is 0.683. The Bertz CT molecular complexity index is 2990. The molecule has 0 saturated heterocycles. The van der Waals surface area contributed by atoms with Crippen molar-refractivity contribution in [1.82, 2.24) is 0 Å². The lowest BCUT2D eigenvalue weighted by atomic mass is 9.86. The van der Waals surface area contributed by atoms with Crippen molar-refractivity contribution in [3.8, 4) is 33.4 Å². The fourth-order valence-electron chi connectivity index (χ4n) is 7.73. The summed E-state index contributed by atoms with van der Waals surface area (Å²) in [6, 6.07) is 59.6. The first-order valence-electron chi connectivity index (χ1n) is 16.5. The Labute approximate surface area is 287 Å². The van der Waals surface area contributed by atoms with Crippen LogP contribution in [0.3, 0.4) is 0 Å². The summed E-state index contributed by atoms with van der Waals surface area (Å²) in [5.74, 6) is 0. The van der Waals surface area contributed by atoms with E-state index in [9.17, 15) is 0 Å². The van der Waals surface area contributed by atoms with Crippen LogP contribution in [-0.2, 0) is 0 Å². The van der Waals surface area contributed by atoms with Crippen LogP contribution in [0.15, 0.2) is 164 Å². The van der Waals surface area contributed by atoms with E-state index in [0.29, 0.717) is 5.69 Å². The Morgan fingerprint density at radius 1 is 0.347 bits per heavy atom. The molecular weight excluding hydrogens is 611 g/mol. The highest BCUT2D eigenvalue weighted by Gasteiger charge is 2.16. The third-order valence-electron chi connectivity index (χ3n) is 10.1. The Balaban J connectivity index is 1.15. The van der Waals surface area contributed by atoms with E-state index < -0.39 is 0 Å². The van der Waals surface area contributed by atoms with Crippen molar-refractivity contribution in [2.24, 2.45) is 0 Å². The quantitative estimate of drug-likeness (QED) is 0.134. The second kappa shape index (κ2) is 10.9. The first-order chi connectivity index (χ1) is 24.2. The largest absolute Gasteiger partial charge is 0.238 e. The summed E-state index contributed by atoms with van der Waals surface area (Å²) in [5, 5.41) is 12.5. The van der Waals surface area contributed by atoms with Crippen LogP contribution in [0.1, 0.15) is 0 Å². The van der Waals surface area contributed by atoms with E-state index in [-0.39, 0.29) is 0 Å². The van der Waals surface area contributed by atoms with Crippen LogP contribution in [0.25, 0.3) is 101 Å². The first kappa shape index (κ1) is 27.8. The molecule has 10 aromatic rings. The zero-order valence-electron chi connectivity index (χ0n) is 26.4. The zero-order valence-corrected chi connectivity index (χ0v) is 27.3. The summed E-state index contributed by atoms with van der Waals surface area (Å²) in [7, 11) is 0. The van der Waals surface area contributed by atoms with Gasteiger partial charge in [0.1, 0.15) is 0 Å². The molecule has 10 rings (SSSR count). The molecule has 1 heterocycles. The summed E-state index contributed by atoms with van der Waals surface area (Å²) in [4.78, 5) is 3.67. The van der Waals surface area contributed by atoms with Gasteiger partial charge in [0, 0.05) is 9.40 Å². The van der Waals surface area contributed by atoms with Crippen molar-refractivity contribution >= 4 is 80.3 Å². The molecule has 0 aliphatic rings. The molecule has 1 aromatic heterocycles. The Kier molecular flexibility index (Phi) is 6.18. The molecule has 0 spiro atoms. The van der Waals surface area contributed by atoms with Crippen molar-refractivity contribution < 1.29 is 0 Å². The summed E-state index contributed by atoms with van der Waals surface area (Å²) in [6.07, 6.45) is 0. The van der Waals surface area contributed by atoms with Crippen LogP contribution in [-0.4, -0.2) is 0 Å². The number of hydrogen-bond acceptors (Lipinski definition) is 1. The van der Waals surface area contributed by atoms with Gasteiger partial charge in [0.15, 0.2) is 5.69 Å². The van der Waals surface area contributed by atoms with Crippen LogP contribution in [0.2, 0.25) is 0 Å². The monoisotopic (exact) mass is 637 g/mol. The number of fused-ring (bicyclic) bond motifs is 9. The smallest absolute Gasteiger partial charge is 0.187 e. The fraction of sp³-hybridized carbons (Fsp3) is 0. The van der Waals surface area contributed by atoms with E-state index in [4.69, 9.17) is 6.57 Å². The summed E-state index contributed by atoms with van der Waals surface area (Å²) < 4.78 is 2.46. The molecule has 0 aliphatic heterocycles. The van der Waals surface area contributed by atoms with E-state index in [0.717, 1.165) is 5.39 Å². The van der Waals surface area contributed by atoms with Crippen LogP contribution in [0.5, 0.6) is 0 Å². The third kappa shape index (κ3) is 4.37. The summed E-state index contributed by atoms with van der Waals surface area (Å²) in [5.41, 5.74) is 8.02. The Morgan fingerprint density at radius 3 is 1.63 bits per heavy atom. The molecular formula is C47H27NS. The number of hydrogen-bond donors (Lipinski definition) is 0. The number of benzene rings is 9. The normalized spacial score (nSPS) is 11.7. The number of rotatable bonds is 3. The van der Waals surface area contributed by atoms with Gasteiger partial charge in [0.2, 0.25) is 0 Å². The van der Waals surface area contributed by atoms with Crippen molar-refractivity contribution in [1.29, 1.82) is 0 Å². The van der Waals surface area contributed by atoms with Crippen molar-refractivity contribution in [2.45, 2.75) is 0 Å². The summed E-state index contributed by atoms with van der Waals surface area (Å²) >= 11 is 1.78. The molecule has 2 heteroatoms. The molecule has 0 aliphatic carbocycles. The van der Waals surface area contributed by atoms with E-state index in [2.05, 4.69) is 157 Å². The van der Waals surface area contributed by atoms with Gasteiger partial charge in [0.05, 0.1) is 6.57 Å². The lowest BCUT2D eigenvalue weighted by Gasteiger charge is -2.17. The van der Waals surface area contributed by atoms with E-state index in [1.54, 1.807) is 11.3 Å². The topological polar surface area (TPSA) is 4.36 Å². The van der Waals surface area contributed by atoms with Crippen molar-refractivity contribution in [2.75, 3.05) is 0 Å². The molecule has 0 bridgehead atoms. The van der Waals surface area contributed by atoms with Crippen LogP contribution in [0, 0.1) is 6.57 Å². The van der Waals surface area contributed by atoms with Crippen LogP contribution >= 0.6 is 11.3 Å². The maximum Gasteiger partial charge on any atom is 0.187 e. The maximum absolute atomic E-state index is 7.48. The number of nitrogens with zero attached hydrogens (tertiary/aromatic N) is 1. The molecule has 0 atom stereocenters. The molecule has 0 amide bonds. The van der Waals surface area contributed by atoms with Gasteiger partial charge in [0.25, 0.3) is 0 Å². The highest BCUT2D eigenvalue weighted by atomic mass is 32.1. The van der Waals surface area contributed by atoms with E-state index in [1.165, 1.54) is 91.3 Å². The minimum Gasteiger partial charge on any atom is -0.238 e. The lowest BCUT2D eigenvalue weighted by molar-refractivity contribution is 1.63. The minimum absolute atomic E-state index is 0.683. The Hall–Kier alpha value is -6.27. The second-order valence-electron chi connectivity index (χ2n) is 12.7. The van der Waals surface area contributed by atoms with Crippen LogP contribution in [0.4, 0.5) is 5.69 Å². The van der Waals surface area contributed by atoms with Crippen LogP contribution < -0.4 is 0 Å². The van der Waals surface area contributed by atoms with E-state index in [1.807, 2.05) is 12.1 Å². The van der Waals surface area contributed by atoms with Gasteiger partial charge in [-0.05, 0) is 118 Å². The molecule has 1 nitrogen and oxygen atoms in total. The second-order valence-corrected chi connectivity index (χ2v) is 13.8. The standard InChI is InChI=1S/C47H27NS/c1-48-33-22-24-47-45(26-33)44-25-32(21-23-46(44)49-47)29-17-19-31(20-18-29)40-27-42-39-15-7-6-14-38(39)41(28-43(42)37-13-5-4-12-36(37)40)35-16-8-10-30-9-2-3-11-34(30)35/h2-28H. The van der Waals surface area contributed by atoms with Gasteiger partial charge < -0.3 is 0 Å². The van der Waals surface area contributed by atoms with Crippen molar-refractivity contribution in [3.05, 3.63) is 175 Å². The first-order valence-corrected chi connectivity index (χ1v) is 17.4. The molecule has 0 N–H and O–H groups in total. The lowest BCUT2D eigenvalue weighted by Crippen LogP contribution is -1.90. The highest BCUT2D eigenvalue weighted by molar-refractivity contribution is 7.25. The fourth-order valence-corrected chi connectivity index (χ4v) is 8.80. The average Bonchev–Trinajstić information content (AvgIpc) is 3.54. The van der Waals surface area contributed by atoms with Gasteiger partial charge in [-0.25, -0.2) is 4.85 Å². The molecule has 9 aromatic carbocycles. The predicted octanol–water partition coefficient (Wildman–Crippen LogP) is 14.2. The molecule has 0 radical (unpaired) electrons. The van der Waals surface area contributed by atoms with Gasteiger partial charge in [-0.3, -0.25) is 0 Å². The molecule has 49 heavy (non-hydrogen) atoms. The van der Waals surface area contributed by atoms with Gasteiger partial charge >= 0.3 is 0 Å². The molecule has 226 valence electrons. The predicted molar refractivity (Wildman–Crippen MR) is 212 cm³/mol. The summed E-state index contributed by atoms with van der Waals surface area (Å²) in [6.45, 7) is 7.48. The average molecular weight is 638 g/mol. The van der Waals surface area contributed by atoms with Gasteiger partial charge in [-0.15, -0.1) is 11.3 Å². The van der Waals surface area contributed by atoms with Gasteiger partial charge in [-0.1, -0.05) is 133 Å². The highest BCUT2D eigenvalue weighted by Crippen LogP contribution is 2.44. The number of thiophene rings is 1. The molecule has 0 saturated carbocycles. The van der Waals surface area contributed by atoms with Crippen molar-refractivity contribution in [3.63, 3.8) is 0 Å². The SMILES string of the molecule is [C-]#[N+]c1ccc2sc3ccc(-c4ccc(-c5cc6c7ccccc7c(-c7cccc8ccccc78)cc6c6ccccc56)cc4)cc3c2c1. The zero-order chi connectivity index (χ0) is 32.5.